The molecule has 2 aromatic carbocycles. The van der Waals surface area contributed by atoms with E-state index >= 15 is 0 Å². The minimum Gasteiger partial charge on any atom is -0.491 e. The molecule has 0 saturated carbocycles. The fourth-order valence-electron chi connectivity index (χ4n) is 2.11. The summed E-state index contributed by atoms with van der Waals surface area (Å²) in [5.74, 6) is 0.267. The van der Waals surface area contributed by atoms with Crippen LogP contribution in [0.1, 0.15) is 29.8 Å². The van der Waals surface area contributed by atoms with E-state index in [1.807, 2.05) is 44.2 Å². The Morgan fingerprint density at radius 1 is 1.08 bits per heavy atom. The van der Waals surface area contributed by atoms with Crippen molar-refractivity contribution >= 4 is 27.7 Å². The number of carbonyl (C=O) groups is 2. The molecule has 2 N–H and O–H groups in total. The largest absolute Gasteiger partial charge is 0.491 e. The zero-order chi connectivity index (χ0) is 18.2. The number of benzene rings is 2. The van der Waals surface area contributed by atoms with Gasteiger partial charge in [-0.25, -0.2) is 0 Å². The predicted octanol–water partition coefficient (Wildman–Crippen LogP) is 3.28. The molecule has 0 atom stereocenters. The van der Waals surface area contributed by atoms with Crippen molar-refractivity contribution in [1.82, 2.24) is 10.6 Å². The molecule has 0 unspecified atom stereocenters. The van der Waals surface area contributed by atoms with Gasteiger partial charge in [0.05, 0.1) is 12.6 Å². The maximum Gasteiger partial charge on any atom is 0.251 e. The van der Waals surface area contributed by atoms with Crippen molar-refractivity contribution in [1.29, 1.82) is 0 Å². The summed E-state index contributed by atoms with van der Waals surface area (Å²) in [6, 6.07) is 14.5. The van der Waals surface area contributed by atoms with Crippen LogP contribution < -0.4 is 15.4 Å². The van der Waals surface area contributed by atoms with Crippen LogP contribution in [-0.4, -0.2) is 24.5 Å². The lowest BCUT2D eigenvalue weighted by Crippen LogP contribution is -2.36. The normalized spacial score (nSPS) is 10.4. The third-order valence-corrected chi connectivity index (χ3v) is 3.77. The quantitative estimate of drug-likeness (QED) is 0.743. The van der Waals surface area contributed by atoms with Gasteiger partial charge in [0.1, 0.15) is 5.75 Å². The fraction of sp³-hybridized carbons (Fsp3) is 0.263. The number of hydrogen-bond acceptors (Lipinski definition) is 3. The summed E-state index contributed by atoms with van der Waals surface area (Å²) in [5, 5.41) is 5.37. The van der Waals surface area contributed by atoms with Crippen LogP contribution in [0.2, 0.25) is 0 Å². The molecule has 0 bridgehead atoms. The van der Waals surface area contributed by atoms with Gasteiger partial charge in [0.2, 0.25) is 5.91 Å². The number of halogens is 1. The van der Waals surface area contributed by atoms with E-state index in [4.69, 9.17) is 4.74 Å². The highest BCUT2D eigenvalue weighted by Crippen LogP contribution is 2.13. The maximum absolute atomic E-state index is 12.0. The Kier molecular flexibility index (Phi) is 7.01. The zero-order valence-electron chi connectivity index (χ0n) is 14.2. The average Bonchev–Trinajstić information content (AvgIpc) is 2.58. The molecule has 0 radical (unpaired) electrons. The van der Waals surface area contributed by atoms with Gasteiger partial charge in [-0.2, -0.15) is 0 Å². The van der Waals surface area contributed by atoms with Crippen LogP contribution in [0.4, 0.5) is 0 Å². The highest BCUT2D eigenvalue weighted by molar-refractivity contribution is 9.10. The first-order chi connectivity index (χ1) is 11.9. The summed E-state index contributed by atoms with van der Waals surface area (Å²) < 4.78 is 6.39. The van der Waals surface area contributed by atoms with E-state index in [0.717, 1.165) is 15.8 Å². The smallest absolute Gasteiger partial charge is 0.251 e. The second-order valence-electron chi connectivity index (χ2n) is 5.78. The van der Waals surface area contributed by atoms with E-state index in [9.17, 15) is 9.59 Å². The molecule has 0 heterocycles. The van der Waals surface area contributed by atoms with Gasteiger partial charge in [-0.3, -0.25) is 9.59 Å². The van der Waals surface area contributed by atoms with Gasteiger partial charge in [0.25, 0.3) is 5.91 Å². The van der Waals surface area contributed by atoms with Crippen molar-refractivity contribution in [2.75, 3.05) is 6.54 Å². The molecule has 0 aromatic heterocycles. The number of amides is 2. The van der Waals surface area contributed by atoms with E-state index in [0.29, 0.717) is 12.1 Å². The summed E-state index contributed by atoms with van der Waals surface area (Å²) in [4.78, 5) is 23.8. The van der Waals surface area contributed by atoms with Gasteiger partial charge < -0.3 is 15.4 Å². The average molecular weight is 405 g/mol. The molecule has 0 aliphatic carbocycles. The van der Waals surface area contributed by atoms with Gasteiger partial charge in [0.15, 0.2) is 0 Å². The van der Waals surface area contributed by atoms with Crippen LogP contribution in [0, 0.1) is 0 Å². The zero-order valence-corrected chi connectivity index (χ0v) is 15.8. The monoisotopic (exact) mass is 404 g/mol. The van der Waals surface area contributed by atoms with Gasteiger partial charge >= 0.3 is 0 Å². The minimum atomic E-state index is -0.286. The first-order valence-corrected chi connectivity index (χ1v) is 8.79. The molecule has 0 saturated heterocycles. The molecule has 0 fully saturated rings. The topological polar surface area (TPSA) is 67.4 Å². The summed E-state index contributed by atoms with van der Waals surface area (Å²) >= 11 is 3.31. The van der Waals surface area contributed by atoms with E-state index in [-0.39, 0.29) is 24.5 Å². The highest BCUT2D eigenvalue weighted by Gasteiger charge is 2.08. The van der Waals surface area contributed by atoms with E-state index in [1.54, 1.807) is 18.2 Å². The molecule has 0 spiro atoms. The highest BCUT2D eigenvalue weighted by atomic mass is 79.9. The third kappa shape index (κ3) is 6.58. The van der Waals surface area contributed by atoms with Crippen LogP contribution >= 0.6 is 15.9 Å². The van der Waals surface area contributed by atoms with Crippen LogP contribution in [0.3, 0.4) is 0 Å². The van der Waals surface area contributed by atoms with Gasteiger partial charge in [-0.05, 0) is 49.7 Å². The molecule has 0 aliphatic rings. The molecular formula is C19H21BrN2O3. The van der Waals surface area contributed by atoms with E-state index < -0.39 is 0 Å². The number of rotatable bonds is 7. The maximum atomic E-state index is 12.0. The molecule has 0 aliphatic heterocycles. The van der Waals surface area contributed by atoms with Crippen molar-refractivity contribution in [2.24, 2.45) is 0 Å². The van der Waals surface area contributed by atoms with Crippen molar-refractivity contribution in [3.05, 3.63) is 64.1 Å². The summed E-state index contributed by atoms with van der Waals surface area (Å²) in [6.45, 7) is 4.26. The number of nitrogens with one attached hydrogen (secondary N) is 2. The Bertz CT molecular complexity index is 730. The van der Waals surface area contributed by atoms with Gasteiger partial charge in [-0.1, -0.05) is 34.1 Å². The number of ether oxygens (including phenoxy) is 1. The standard InChI is InChI=1S/C19H21BrN2O3/c1-13(2)25-17-8-6-14(7-9-17)11-21-18(23)12-22-19(24)15-4-3-5-16(20)10-15/h3-10,13H,11-12H2,1-2H3,(H,21,23)(H,22,24). The molecule has 132 valence electrons. The van der Waals surface area contributed by atoms with Crippen molar-refractivity contribution in [3.63, 3.8) is 0 Å². The van der Waals surface area contributed by atoms with Crippen LogP contribution in [0.5, 0.6) is 5.75 Å². The molecule has 5 nitrogen and oxygen atoms in total. The lowest BCUT2D eigenvalue weighted by molar-refractivity contribution is -0.120. The Hall–Kier alpha value is -2.34. The van der Waals surface area contributed by atoms with Gasteiger partial charge in [-0.15, -0.1) is 0 Å². The fourth-order valence-corrected chi connectivity index (χ4v) is 2.51. The van der Waals surface area contributed by atoms with Crippen molar-refractivity contribution < 1.29 is 14.3 Å². The second-order valence-corrected chi connectivity index (χ2v) is 6.70. The van der Waals surface area contributed by atoms with E-state index in [1.165, 1.54) is 0 Å². The van der Waals surface area contributed by atoms with Crippen LogP contribution in [-0.2, 0) is 11.3 Å². The van der Waals surface area contributed by atoms with E-state index in [2.05, 4.69) is 26.6 Å². The van der Waals surface area contributed by atoms with Crippen molar-refractivity contribution in [3.8, 4) is 5.75 Å². The first kappa shape index (κ1) is 19.0. The van der Waals surface area contributed by atoms with Crippen molar-refractivity contribution in [2.45, 2.75) is 26.5 Å². The molecule has 25 heavy (non-hydrogen) atoms. The number of carbonyl (C=O) groups excluding carboxylic acids is 2. The Balaban J connectivity index is 1.76. The third-order valence-electron chi connectivity index (χ3n) is 3.28. The number of hydrogen-bond donors (Lipinski definition) is 2. The molecule has 2 rings (SSSR count). The minimum absolute atomic E-state index is 0.0696. The molecular weight excluding hydrogens is 384 g/mol. The van der Waals surface area contributed by atoms with Crippen LogP contribution in [0.15, 0.2) is 53.0 Å². The molecule has 2 amide bonds. The predicted molar refractivity (Wildman–Crippen MR) is 101 cm³/mol. The Morgan fingerprint density at radius 3 is 2.44 bits per heavy atom. The summed E-state index contributed by atoms with van der Waals surface area (Å²) in [7, 11) is 0. The Morgan fingerprint density at radius 2 is 1.80 bits per heavy atom. The molecule has 2 aromatic rings. The van der Waals surface area contributed by atoms with Crippen LogP contribution in [0.25, 0.3) is 0 Å². The van der Waals surface area contributed by atoms with Gasteiger partial charge in [0, 0.05) is 16.6 Å². The Labute approximate surface area is 155 Å². The second kappa shape index (κ2) is 9.22. The molecule has 6 heteroatoms. The lowest BCUT2D eigenvalue weighted by atomic mass is 10.2. The summed E-state index contributed by atoms with van der Waals surface area (Å²) in [5.41, 5.74) is 1.46. The SMILES string of the molecule is CC(C)Oc1ccc(CNC(=O)CNC(=O)c2cccc(Br)c2)cc1. The first-order valence-electron chi connectivity index (χ1n) is 8.00. The lowest BCUT2D eigenvalue weighted by Gasteiger charge is -2.11. The summed E-state index contributed by atoms with van der Waals surface area (Å²) in [6.07, 6.45) is 0.124.